The van der Waals surface area contributed by atoms with Crippen LogP contribution >= 0.6 is 11.6 Å². The first-order valence-corrected chi connectivity index (χ1v) is 5.86. The molecule has 5 heteroatoms. The third kappa shape index (κ3) is 3.61. The molecule has 0 aliphatic carbocycles. The number of benzene rings is 1. The molecule has 4 nitrogen and oxygen atoms in total. The van der Waals surface area contributed by atoms with Crippen LogP contribution in [0.3, 0.4) is 0 Å². The molecule has 0 saturated heterocycles. The van der Waals surface area contributed by atoms with Gasteiger partial charge in [-0.25, -0.2) is 4.79 Å². The zero-order valence-electron chi connectivity index (χ0n) is 9.94. The molecular formula is C12H16ClNO3. The van der Waals surface area contributed by atoms with E-state index in [-0.39, 0.29) is 6.61 Å². The maximum absolute atomic E-state index is 11.7. The van der Waals surface area contributed by atoms with Crippen molar-refractivity contribution in [3.63, 3.8) is 0 Å². The molecule has 0 aliphatic rings. The predicted molar refractivity (Wildman–Crippen MR) is 66.3 cm³/mol. The van der Waals surface area contributed by atoms with E-state index >= 15 is 0 Å². The van der Waals surface area contributed by atoms with Gasteiger partial charge in [-0.3, -0.25) is 0 Å². The van der Waals surface area contributed by atoms with Gasteiger partial charge in [-0.2, -0.15) is 0 Å². The van der Waals surface area contributed by atoms with Gasteiger partial charge in [0, 0.05) is 13.1 Å². The summed E-state index contributed by atoms with van der Waals surface area (Å²) >= 11 is 5.94. The van der Waals surface area contributed by atoms with Crippen LogP contribution < -0.4 is 4.74 Å². The van der Waals surface area contributed by atoms with Crippen LogP contribution in [0.5, 0.6) is 5.75 Å². The Labute approximate surface area is 106 Å². The van der Waals surface area contributed by atoms with Crippen molar-refractivity contribution >= 4 is 17.7 Å². The number of halogens is 1. The minimum Gasteiger partial charge on any atom is -0.409 e. The highest BCUT2D eigenvalue weighted by Crippen LogP contribution is 2.26. The first kappa shape index (κ1) is 13.8. The van der Waals surface area contributed by atoms with Crippen LogP contribution in [0.1, 0.15) is 19.4 Å². The summed E-state index contributed by atoms with van der Waals surface area (Å²) in [6.07, 6.45) is -0.423. The monoisotopic (exact) mass is 257 g/mol. The summed E-state index contributed by atoms with van der Waals surface area (Å²) in [5.74, 6) is 0.306. The zero-order chi connectivity index (χ0) is 12.8. The second-order valence-corrected chi connectivity index (χ2v) is 3.87. The van der Waals surface area contributed by atoms with Gasteiger partial charge in [0.05, 0.1) is 11.6 Å². The molecule has 1 aromatic carbocycles. The molecule has 0 unspecified atom stereocenters. The van der Waals surface area contributed by atoms with Crippen LogP contribution in [0, 0.1) is 0 Å². The van der Waals surface area contributed by atoms with E-state index in [4.69, 9.17) is 21.4 Å². The average Bonchev–Trinajstić information content (AvgIpc) is 2.33. The quantitative estimate of drug-likeness (QED) is 0.902. The topological polar surface area (TPSA) is 49.8 Å². The van der Waals surface area contributed by atoms with Crippen LogP contribution in [0.25, 0.3) is 0 Å². The molecule has 1 N–H and O–H groups in total. The van der Waals surface area contributed by atoms with Gasteiger partial charge in [-0.05, 0) is 31.5 Å². The van der Waals surface area contributed by atoms with E-state index in [0.717, 1.165) is 0 Å². The van der Waals surface area contributed by atoms with Crippen molar-refractivity contribution in [2.24, 2.45) is 0 Å². The van der Waals surface area contributed by atoms with Crippen molar-refractivity contribution in [3.8, 4) is 5.75 Å². The highest BCUT2D eigenvalue weighted by Gasteiger charge is 2.13. The number of hydrogen-bond donors (Lipinski definition) is 1. The Morgan fingerprint density at radius 3 is 2.53 bits per heavy atom. The smallest absolute Gasteiger partial charge is 0.409 e. The molecule has 0 atom stereocenters. The van der Waals surface area contributed by atoms with Crippen LogP contribution in [0.4, 0.5) is 4.79 Å². The lowest BCUT2D eigenvalue weighted by molar-refractivity contribution is 0.157. The van der Waals surface area contributed by atoms with Crippen molar-refractivity contribution in [2.45, 2.75) is 20.5 Å². The fraction of sp³-hybridized carbons (Fsp3) is 0.417. The Kier molecular flexibility index (Phi) is 5.25. The summed E-state index contributed by atoms with van der Waals surface area (Å²) in [4.78, 5) is 13.2. The van der Waals surface area contributed by atoms with E-state index in [1.54, 1.807) is 23.1 Å². The SMILES string of the molecule is CCN(CC)C(=O)Oc1ccc(CO)cc1Cl. The lowest BCUT2D eigenvalue weighted by Gasteiger charge is -2.18. The van der Waals surface area contributed by atoms with Crippen LogP contribution in [0.15, 0.2) is 18.2 Å². The van der Waals surface area contributed by atoms with E-state index in [9.17, 15) is 4.79 Å². The maximum Gasteiger partial charge on any atom is 0.415 e. The molecule has 17 heavy (non-hydrogen) atoms. The van der Waals surface area contributed by atoms with E-state index in [1.165, 1.54) is 0 Å². The molecule has 0 radical (unpaired) electrons. The van der Waals surface area contributed by atoms with Crippen LogP contribution in [-0.4, -0.2) is 29.2 Å². The van der Waals surface area contributed by atoms with E-state index in [0.29, 0.717) is 29.4 Å². The third-order valence-corrected chi connectivity index (χ3v) is 2.69. The molecule has 0 saturated carbocycles. The van der Waals surface area contributed by atoms with Crippen LogP contribution in [-0.2, 0) is 6.61 Å². The largest absolute Gasteiger partial charge is 0.415 e. The zero-order valence-corrected chi connectivity index (χ0v) is 10.7. The van der Waals surface area contributed by atoms with Gasteiger partial charge < -0.3 is 14.7 Å². The number of aliphatic hydroxyl groups is 1. The first-order chi connectivity index (χ1) is 8.12. The van der Waals surface area contributed by atoms with Crippen molar-refractivity contribution in [1.29, 1.82) is 0 Å². The maximum atomic E-state index is 11.7. The van der Waals surface area contributed by atoms with E-state index in [1.807, 2.05) is 13.8 Å². The summed E-state index contributed by atoms with van der Waals surface area (Å²) in [6.45, 7) is 4.83. The van der Waals surface area contributed by atoms with Gasteiger partial charge in [0.15, 0.2) is 5.75 Å². The Morgan fingerprint density at radius 2 is 2.06 bits per heavy atom. The number of aliphatic hydroxyl groups excluding tert-OH is 1. The van der Waals surface area contributed by atoms with Crippen molar-refractivity contribution in [1.82, 2.24) is 4.90 Å². The number of amides is 1. The lowest BCUT2D eigenvalue weighted by Crippen LogP contribution is -2.33. The average molecular weight is 258 g/mol. The third-order valence-electron chi connectivity index (χ3n) is 2.40. The summed E-state index contributed by atoms with van der Waals surface area (Å²) in [5, 5.41) is 9.24. The molecule has 0 aliphatic heterocycles. The fourth-order valence-corrected chi connectivity index (χ4v) is 1.61. The number of nitrogens with zero attached hydrogens (tertiary/aromatic N) is 1. The second kappa shape index (κ2) is 6.47. The molecule has 0 spiro atoms. The Hall–Kier alpha value is -1.26. The van der Waals surface area contributed by atoms with Gasteiger partial charge in [0.25, 0.3) is 0 Å². The molecule has 1 aromatic rings. The lowest BCUT2D eigenvalue weighted by atomic mass is 10.2. The molecule has 94 valence electrons. The van der Waals surface area contributed by atoms with Gasteiger partial charge in [-0.15, -0.1) is 0 Å². The molecule has 0 bridgehead atoms. The second-order valence-electron chi connectivity index (χ2n) is 3.46. The molecule has 1 rings (SSSR count). The summed E-state index contributed by atoms with van der Waals surface area (Å²) in [5.41, 5.74) is 0.678. The van der Waals surface area contributed by atoms with Gasteiger partial charge in [0.2, 0.25) is 0 Å². The fourth-order valence-electron chi connectivity index (χ4n) is 1.37. The van der Waals surface area contributed by atoms with E-state index < -0.39 is 6.09 Å². The van der Waals surface area contributed by atoms with Crippen molar-refractivity contribution in [3.05, 3.63) is 28.8 Å². The molecule has 0 heterocycles. The highest BCUT2D eigenvalue weighted by molar-refractivity contribution is 6.32. The molecule has 1 amide bonds. The minimum absolute atomic E-state index is 0.0933. The standard InChI is InChI=1S/C12H16ClNO3/c1-3-14(4-2)12(16)17-11-6-5-9(8-15)7-10(11)13/h5-7,15H,3-4,8H2,1-2H3. The normalized spacial score (nSPS) is 10.1. The minimum atomic E-state index is -0.423. The number of ether oxygens (including phenoxy) is 1. The molecular weight excluding hydrogens is 242 g/mol. The number of carbonyl (C=O) groups excluding carboxylic acids is 1. The first-order valence-electron chi connectivity index (χ1n) is 5.48. The predicted octanol–water partition coefficient (Wildman–Crippen LogP) is 2.67. The summed E-state index contributed by atoms with van der Waals surface area (Å²) in [6, 6.07) is 4.82. The number of carbonyl (C=O) groups is 1. The van der Waals surface area contributed by atoms with Crippen molar-refractivity contribution in [2.75, 3.05) is 13.1 Å². The number of hydrogen-bond acceptors (Lipinski definition) is 3. The molecule has 0 fully saturated rings. The Balaban J connectivity index is 2.78. The van der Waals surface area contributed by atoms with Gasteiger partial charge >= 0.3 is 6.09 Å². The highest BCUT2D eigenvalue weighted by atomic mass is 35.5. The Morgan fingerprint density at radius 1 is 1.41 bits per heavy atom. The summed E-state index contributed by atoms with van der Waals surface area (Å²) in [7, 11) is 0. The number of rotatable bonds is 4. The van der Waals surface area contributed by atoms with E-state index in [2.05, 4.69) is 0 Å². The van der Waals surface area contributed by atoms with Gasteiger partial charge in [-0.1, -0.05) is 17.7 Å². The van der Waals surface area contributed by atoms with Gasteiger partial charge in [0.1, 0.15) is 0 Å². The molecule has 0 aromatic heterocycles. The van der Waals surface area contributed by atoms with Crippen LogP contribution in [0.2, 0.25) is 5.02 Å². The summed E-state index contributed by atoms with van der Waals surface area (Å²) < 4.78 is 5.16. The van der Waals surface area contributed by atoms with Crippen molar-refractivity contribution < 1.29 is 14.6 Å². The Bertz CT molecular complexity index is 391.